The lowest BCUT2D eigenvalue weighted by molar-refractivity contribution is -0.141. The second-order valence-corrected chi connectivity index (χ2v) is 5.54. The molecule has 1 aliphatic carbocycles. The molecule has 1 saturated heterocycles. The van der Waals surface area contributed by atoms with Gasteiger partial charge in [-0.05, 0) is 26.2 Å². The monoisotopic (exact) mass is 250 g/mol. The smallest absolute Gasteiger partial charge is 0.243 e. The van der Waals surface area contributed by atoms with Gasteiger partial charge in [-0.1, -0.05) is 19.3 Å². The van der Waals surface area contributed by atoms with Gasteiger partial charge in [0.05, 0.1) is 12.2 Å². The molecule has 0 N–H and O–H groups in total. The van der Waals surface area contributed by atoms with Crippen LogP contribution in [-0.4, -0.2) is 36.6 Å². The minimum atomic E-state index is -0.748. The quantitative estimate of drug-likeness (QED) is 0.716. The molecule has 100 valence electrons. The van der Waals surface area contributed by atoms with Crippen molar-refractivity contribution in [2.75, 3.05) is 19.7 Å². The van der Waals surface area contributed by atoms with Gasteiger partial charge in [0, 0.05) is 19.7 Å². The van der Waals surface area contributed by atoms with Crippen LogP contribution in [0.1, 0.15) is 45.4 Å². The Hall–Kier alpha value is -1.08. The fourth-order valence-corrected chi connectivity index (χ4v) is 3.01. The molecule has 2 aliphatic rings. The molecule has 0 radical (unpaired) electrons. The average molecular weight is 250 g/mol. The van der Waals surface area contributed by atoms with Gasteiger partial charge in [-0.25, -0.2) is 0 Å². The van der Waals surface area contributed by atoms with Gasteiger partial charge in [-0.2, -0.15) is 5.26 Å². The highest BCUT2D eigenvalue weighted by Gasteiger charge is 2.42. The van der Waals surface area contributed by atoms with Crippen LogP contribution in [0.3, 0.4) is 0 Å². The summed E-state index contributed by atoms with van der Waals surface area (Å²) in [6.45, 7) is 4.06. The van der Waals surface area contributed by atoms with E-state index in [0.717, 1.165) is 45.1 Å². The highest BCUT2D eigenvalue weighted by Crippen LogP contribution is 2.37. The van der Waals surface area contributed by atoms with Gasteiger partial charge in [-0.3, -0.25) is 4.79 Å². The summed E-state index contributed by atoms with van der Waals surface area (Å²) in [5, 5.41) is 9.45. The summed E-state index contributed by atoms with van der Waals surface area (Å²) in [5.41, 5.74) is -0.748. The zero-order valence-corrected chi connectivity index (χ0v) is 11.2. The summed E-state index contributed by atoms with van der Waals surface area (Å²) in [4.78, 5) is 14.5. The zero-order chi connectivity index (χ0) is 13.0. The summed E-state index contributed by atoms with van der Waals surface area (Å²) < 4.78 is 5.56. The molecule has 0 spiro atoms. The van der Waals surface area contributed by atoms with Gasteiger partial charge in [0.15, 0.2) is 0 Å². The van der Waals surface area contributed by atoms with Crippen LogP contribution in [0.2, 0.25) is 0 Å². The fourth-order valence-electron chi connectivity index (χ4n) is 3.01. The maximum Gasteiger partial charge on any atom is 0.243 e. The van der Waals surface area contributed by atoms with Crippen LogP contribution < -0.4 is 0 Å². The number of ether oxygens (including phenoxy) is 1. The van der Waals surface area contributed by atoms with Crippen LogP contribution in [0.5, 0.6) is 0 Å². The molecular formula is C14H22N2O2. The molecule has 0 aromatic carbocycles. The van der Waals surface area contributed by atoms with Crippen molar-refractivity contribution in [3.63, 3.8) is 0 Å². The zero-order valence-electron chi connectivity index (χ0n) is 11.2. The van der Waals surface area contributed by atoms with Crippen LogP contribution >= 0.6 is 0 Å². The SMILES string of the molecule is CC1CN(C(=O)C2(C#N)CCCCC2)CCCO1. The third-order valence-electron chi connectivity index (χ3n) is 4.07. The van der Waals surface area contributed by atoms with Crippen LogP contribution in [0.15, 0.2) is 0 Å². The van der Waals surface area contributed by atoms with Crippen molar-refractivity contribution in [1.29, 1.82) is 5.26 Å². The van der Waals surface area contributed by atoms with E-state index in [1.165, 1.54) is 0 Å². The Balaban J connectivity index is 2.10. The highest BCUT2D eigenvalue weighted by atomic mass is 16.5. The van der Waals surface area contributed by atoms with Crippen molar-refractivity contribution in [3.05, 3.63) is 0 Å². The third kappa shape index (κ3) is 2.67. The maximum absolute atomic E-state index is 12.7. The molecule has 1 saturated carbocycles. The Bertz CT molecular complexity index is 342. The van der Waals surface area contributed by atoms with E-state index >= 15 is 0 Å². The van der Waals surface area contributed by atoms with Crippen LogP contribution in [0, 0.1) is 16.7 Å². The second kappa shape index (κ2) is 5.71. The Morgan fingerprint density at radius 2 is 2.06 bits per heavy atom. The molecule has 4 nitrogen and oxygen atoms in total. The van der Waals surface area contributed by atoms with E-state index < -0.39 is 5.41 Å². The first-order valence-corrected chi connectivity index (χ1v) is 7.00. The Labute approximate surface area is 109 Å². The predicted octanol–water partition coefficient (Wildman–Crippen LogP) is 2.10. The van der Waals surface area contributed by atoms with E-state index in [1.54, 1.807) is 0 Å². The number of rotatable bonds is 1. The molecule has 1 unspecified atom stereocenters. The summed E-state index contributed by atoms with van der Waals surface area (Å²) in [6.07, 6.45) is 5.56. The number of carbonyl (C=O) groups is 1. The van der Waals surface area contributed by atoms with Crippen LogP contribution in [0.4, 0.5) is 0 Å². The lowest BCUT2D eigenvalue weighted by Gasteiger charge is -2.34. The van der Waals surface area contributed by atoms with Gasteiger partial charge >= 0.3 is 0 Å². The Kier molecular flexibility index (Phi) is 4.23. The summed E-state index contributed by atoms with van der Waals surface area (Å²) in [7, 11) is 0. The van der Waals surface area contributed by atoms with Crippen LogP contribution in [0.25, 0.3) is 0 Å². The number of nitrogens with zero attached hydrogens (tertiary/aromatic N) is 2. The van der Waals surface area contributed by atoms with Gasteiger partial charge in [0.1, 0.15) is 5.41 Å². The summed E-state index contributed by atoms with van der Waals surface area (Å²) in [6, 6.07) is 2.32. The number of nitriles is 1. The maximum atomic E-state index is 12.7. The van der Waals surface area contributed by atoms with Gasteiger partial charge in [-0.15, -0.1) is 0 Å². The van der Waals surface area contributed by atoms with E-state index in [9.17, 15) is 10.1 Å². The lowest BCUT2D eigenvalue weighted by atomic mass is 9.74. The van der Waals surface area contributed by atoms with Gasteiger partial charge in [0.25, 0.3) is 0 Å². The minimum absolute atomic E-state index is 0.0436. The number of carbonyl (C=O) groups excluding carboxylic acids is 1. The van der Waals surface area contributed by atoms with Crippen molar-refractivity contribution >= 4 is 5.91 Å². The van der Waals surface area contributed by atoms with E-state index in [2.05, 4.69) is 6.07 Å². The number of hydrogen-bond acceptors (Lipinski definition) is 3. The van der Waals surface area contributed by atoms with Crippen molar-refractivity contribution in [2.45, 2.75) is 51.6 Å². The lowest BCUT2D eigenvalue weighted by Crippen LogP contribution is -2.46. The molecular weight excluding hydrogens is 228 g/mol. The summed E-state index contributed by atoms with van der Waals surface area (Å²) >= 11 is 0. The highest BCUT2D eigenvalue weighted by molar-refractivity contribution is 5.85. The molecule has 0 bridgehead atoms. The molecule has 1 aliphatic heterocycles. The first-order valence-electron chi connectivity index (χ1n) is 7.00. The molecule has 2 fully saturated rings. The molecule has 1 atom stereocenters. The second-order valence-electron chi connectivity index (χ2n) is 5.54. The molecule has 0 aromatic rings. The number of hydrogen-bond donors (Lipinski definition) is 0. The standard InChI is InChI=1S/C14H22N2O2/c1-12-10-16(8-5-9-18-12)13(17)14(11-15)6-3-2-4-7-14/h12H,2-10H2,1H3. The van der Waals surface area contributed by atoms with Crippen LogP contribution in [-0.2, 0) is 9.53 Å². The van der Waals surface area contributed by atoms with Crippen molar-refractivity contribution in [2.24, 2.45) is 5.41 Å². The molecule has 1 amide bonds. The first kappa shape index (κ1) is 13.4. The number of amides is 1. The molecule has 2 rings (SSSR count). The normalized spacial score (nSPS) is 28.2. The Morgan fingerprint density at radius 1 is 1.33 bits per heavy atom. The van der Waals surface area contributed by atoms with E-state index in [1.807, 2.05) is 11.8 Å². The molecule has 1 heterocycles. The van der Waals surface area contributed by atoms with Gasteiger partial charge in [0.2, 0.25) is 5.91 Å². The topological polar surface area (TPSA) is 53.3 Å². The largest absolute Gasteiger partial charge is 0.377 e. The minimum Gasteiger partial charge on any atom is -0.377 e. The van der Waals surface area contributed by atoms with Crippen molar-refractivity contribution < 1.29 is 9.53 Å². The van der Waals surface area contributed by atoms with Crippen molar-refractivity contribution in [3.8, 4) is 6.07 Å². The molecule has 4 heteroatoms. The predicted molar refractivity (Wildman–Crippen MR) is 67.7 cm³/mol. The Morgan fingerprint density at radius 3 is 2.72 bits per heavy atom. The summed E-state index contributed by atoms with van der Waals surface area (Å²) in [5.74, 6) is 0.0436. The third-order valence-corrected chi connectivity index (χ3v) is 4.07. The molecule has 0 aromatic heterocycles. The average Bonchev–Trinajstić information content (AvgIpc) is 2.63. The van der Waals surface area contributed by atoms with E-state index in [0.29, 0.717) is 13.2 Å². The first-order chi connectivity index (χ1) is 8.68. The van der Waals surface area contributed by atoms with E-state index in [-0.39, 0.29) is 12.0 Å². The fraction of sp³-hybridized carbons (Fsp3) is 0.857. The molecule has 18 heavy (non-hydrogen) atoms. The van der Waals surface area contributed by atoms with E-state index in [4.69, 9.17) is 4.74 Å². The van der Waals surface area contributed by atoms with Gasteiger partial charge < -0.3 is 9.64 Å². The van der Waals surface area contributed by atoms with Crippen molar-refractivity contribution in [1.82, 2.24) is 4.90 Å².